The minimum Gasteiger partial charge on any atom is -0.378 e. The van der Waals surface area contributed by atoms with Crippen molar-refractivity contribution in [1.82, 2.24) is 4.90 Å². The predicted octanol–water partition coefficient (Wildman–Crippen LogP) is 0.473. The maximum absolute atomic E-state index is 11.2. The Kier molecular flexibility index (Phi) is 3.15. The molecule has 1 amide bonds. The molecule has 1 heterocycles. The van der Waals surface area contributed by atoms with E-state index < -0.39 is 5.38 Å². The largest absolute Gasteiger partial charge is 0.378 e. The molecule has 11 heavy (non-hydrogen) atoms. The van der Waals surface area contributed by atoms with Gasteiger partial charge in [0.1, 0.15) is 5.38 Å². The molecule has 0 aromatic carbocycles. The van der Waals surface area contributed by atoms with Crippen LogP contribution in [0.1, 0.15) is 6.92 Å². The minimum atomic E-state index is -0.409. The number of nitrogens with zero attached hydrogens (tertiary/aromatic N) is 1. The van der Waals surface area contributed by atoms with Crippen molar-refractivity contribution in [3.8, 4) is 0 Å². The van der Waals surface area contributed by atoms with Gasteiger partial charge in [0.2, 0.25) is 5.91 Å². The van der Waals surface area contributed by atoms with Crippen molar-refractivity contribution >= 4 is 17.5 Å². The summed E-state index contributed by atoms with van der Waals surface area (Å²) in [4.78, 5) is 13.0. The predicted molar refractivity (Wildman–Crippen MR) is 42.7 cm³/mol. The van der Waals surface area contributed by atoms with E-state index in [4.69, 9.17) is 16.3 Å². The molecule has 4 heteroatoms. The Labute approximate surface area is 71.3 Å². The second-order valence-electron chi connectivity index (χ2n) is 2.55. The van der Waals surface area contributed by atoms with Crippen LogP contribution in [0.25, 0.3) is 0 Å². The third kappa shape index (κ3) is 2.34. The molecule has 0 unspecified atom stereocenters. The Morgan fingerprint density at radius 3 is 2.55 bits per heavy atom. The first-order valence-corrected chi connectivity index (χ1v) is 4.16. The van der Waals surface area contributed by atoms with E-state index in [-0.39, 0.29) is 5.91 Å². The van der Waals surface area contributed by atoms with E-state index in [1.54, 1.807) is 11.8 Å². The van der Waals surface area contributed by atoms with Crippen LogP contribution in [0.4, 0.5) is 0 Å². The SMILES string of the molecule is C[C@@H](Cl)C(=O)N1CCOCC1. The maximum atomic E-state index is 11.2. The van der Waals surface area contributed by atoms with Crippen LogP contribution in [0.2, 0.25) is 0 Å². The number of rotatable bonds is 1. The smallest absolute Gasteiger partial charge is 0.240 e. The Morgan fingerprint density at radius 1 is 1.55 bits per heavy atom. The minimum absolute atomic E-state index is 0.00923. The highest BCUT2D eigenvalue weighted by molar-refractivity contribution is 6.30. The second kappa shape index (κ2) is 3.93. The molecule has 0 aromatic rings. The highest BCUT2D eigenvalue weighted by Crippen LogP contribution is 2.04. The third-order valence-corrected chi connectivity index (χ3v) is 1.85. The van der Waals surface area contributed by atoms with Crippen LogP contribution in [0.5, 0.6) is 0 Å². The van der Waals surface area contributed by atoms with Crippen molar-refractivity contribution in [1.29, 1.82) is 0 Å². The Balaban J connectivity index is 2.39. The molecule has 1 fully saturated rings. The first kappa shape index (κ1) is 8.81. The van der Waals surface area contributed by atoms with Crippen LogP contribution >= 0.6 is 11.6 Å². The topological polar surface area (TPSA) is 29.5 Å². The molecule has 1 saturated heterocycles. The summed E-state index contributed by atoms with van der Waals surface area (Å²) in [6.45, 7) is 4.32. The molecule has 0 radical (unpaired) electrons. The summed E-state index contributed by atoms with van der Waals surface area (Å²) in [5, 5.41) is -0.409. The Bertz CT molecular complexity index is 143. The number of ether oxygens (including phenoxy) is 1. The number of carbonyl (C=O) groups excluding carboxylic acids is 1. The monoisotopic (exact) mass is 177 g/mol. The molecule has 0 N–H and O–H groups in total. The summed E-state index contributed by atoms with van der Waals surface area (Å²) < 4.78 is 5.09. The van der Waals surface area contributed by atoms with Gasteiger partial charge < -0.3 is 9.64 Å². The van der Waals surface area contributed by atoms with Crippen LogP contribution in [0.3, 0.4) is 0 Å². The van der Waals surface area contributed by atoms with Crippen molar-refractivity contribution in [2.75, 3.05) is 26.3 Å². The van der Waals surface area contributed by atoms with Crippen LogP contribution in [-0.4, -0.2) is 42.5 Å². The van der Waals surface area contributed by atoms with Crippen LogP contribution < -0.4 is 0 Å². The van der Waals surface area contributed by atoms with Gasteiger partial charge in [0.25, 0.3) is 0 Å². The number of morpholine rings is 1. The zero-order valence-corrected chi connectivity index (χ0v) is 7.30. The number of amides is 1. The molecule has 1 aliphatic heterocycles. The molecule has 0 aliphatic carbocycles. The van der Waals surface area contributed by atoms with Crippen LogP contribution in [0, 0.1) is 0 Å². The fraction of sp³-hybridized carbons (Fsp3) is 0.857. The van der Waals surface area contributed by atoms with E-state index >= 15 is 0 Å². The van der Waals surface area contributed by atoms with Crippen molar-refractivity contribution < 1.29 is 9.53 Å². The van der Waals surface area contributed by atoms with Gasteiger partial charge in [-0.3, -0.25) is 4.79 Å². The first-order chi connectivity index (χ1) is 5.22. The third-order valence-electron chi connectivity index (χ3n) is 1.66. The van der Waals surface area contributed by atoms with E-state index in [0.29, 0.717) is 26.3 Å². The lowest BCUT2D eigenvalue weighted by molar-refractivity contribution is -0.134. The van der Waals surface area contributed by atoms with E-state index in [9.17, 15) is 4.79 Å². The molecular weight excluding hydrogens is 166 g/mol. The van der Waals surface area contributed by atoms with Gasteiger partial charge in [0, 0.05) is 13.1 Å². The average Bonchev–Trinajstić information content (AvgIpc) is 2.05. The zero-order chi connectivity index (χ0) is 8.27. The maximum Gasteiger partial charge on any atom is 0.240 e. The van der Waals surface area contributed by atoms with E-state index in [2.05, 4.69) is 0 Å². The second-order valence-corrected chi connectivity index (χ2v) is 3.21. The first-order valence-electron chi connectivity index (χ1n) is 3.72. The lowest BCUT2D eigenvalue weighted by Gasteiger charge is -2.27. The fourth-order valence-electron chi connectivity index (χ4n) is 1.04. The van der Waals surface area contributed by atoms with Gasteiger partial charge in [-0.2, -0.15) is 0 Å². The fourth-order valence-corrected chi connectivity index (χ4v) is 1.17. The normalized spacial score (nSPS) is 21.5. The highest BCUT2D eigenvalue weighted by atomic mass is 35.5. The molecule has 3 nitrogen and oxygen atoms in total. The van der Waals surface area contributed by atoms with Crippen molar-refractivity contribution in [2.24, 2.45) is 0 Å². The number of alkyl halides is 1. The molecule has 0 saturated carbocycles. The summed E-state index contributed by atoms with van der Waals surface area (Å²) in [7, 11) is 0. The van der Waals surface area contributed by atoms with Crippen molar-refractivity contribution in [2.45, 2.75) is 12.3 Å². The molecule has 64 valence electrons. The van der Waals surface area contributed by atoms with E-state index in [1.165, 1.54) is 0 Å². The molecule has 1 atom stereocenters. The Morgan fingerprint density at radius 2 is 2.09 bits per heavy atom. The quantitative estimate of drug-likeness (QED) is 0.545. The summed E-state index contributed by atoms with van der Waals surface area (Å²) in [5.74, 6) is 0.00923. The molecule has 0 spiro atoms. The summed E-state index contributed by atoms with van der Waals surface area (Å²) in [6.07, 6.45) is 0. The number of halogens is 1. The zero-order valence-electron chi connectivity index (χ0n) is 6.55. The molecule has 0 aromatic heterocycles. The van der Waals surface area contributed by atoms with Gasteiger partial charge in [-0.15, -0.1) is 11.6 Å². The molecule has 1 aliphatic rings. The number of hydrogen-bond donors (Lipinski definition) is 0. The lowest BCUT2D eigenvalue weighted by atomic mass is 10.3. The van der Waals surface area contributed by atoms with E-state index in [0.717, 1.165) is 0 Å². The van der Waals surface area contributed by atoms with Crippen LogP contribution in [-0.2, 0) is 9.53 Å². The Hall–Kier alpha value is -0.280. The van der Waals surface area contributed by atoms with Gasteiger partial charge in [0.05, 0.1) is 13.2 Å². The lowest BCUT2D eigenvalue weighted by Crippen LogP contribution is -2.43. The number of carbonyl (C=O) groups is 1. The number of hydrogen-bond acceptors (Lipinski definition) is 2. The molecule has 0 bridgehead atoms. The van der Waals surface area contributed by atoms with Gasteiger partial charge in [-0.25, -0.2) is 0 Å². The van der Waals surface area contributed by atoms with Gasteiger partial charge in [-0.05, 0) is 6.92 Å². The van der Waals surface area contributed by atoms with Crippen molar-refractivity contribution in [3.05, 3.63) is 0 Å². The molecule has 1 rings (SSSR count). The van der Waals surface area contributed by atoms with Gasteiger partial charge in [0.15, 0.2) is 0 Å². The van der Waals surface area contributed by atoms with Crippen LogP contribution in [0.15, 0.2) is 0 Å². The van der Waals surface area contributed by atoms with Gasteiger partial charge >= 0.3 is 0 Å². The van der Waals surface area contributed by atoms with E-state index in [1.807, 2.05) is 0 Å². The highest BCUT2D eigenvalue weighted by Gasteiger charge is 2.20. The van der Waals surface area contributed by atoms with Crippen molar-refractivity contribution in [3.63, 3.8) is 0 Å². The summed E-state index contributed by atoms with van der Waals surface area (Å²) >= 11 is 5.63. The molecular formula is C7H12ClNO2. The standard InChI is InChI=1S/C7H12ClNO2/c1-6(8)7(10)9-2-4-11-5-3-9/h6H,2-5H2,1H3/t6-/m1/s1. The summed E-state index contributed by atoms with van der Waals surface area (Å²) in [6, 6.07) is 0. The van der Waals surface area contributed by atoms with Gasteiger partial charge in [-0.1, -0.05) is 0 Å². The summed E-state index contributed by atoms with van der Waals surface area (Å²) in [5.41, 5.74) is 0. The average molecular weight is 178 g/mol.